The van der Waals surface area contributed by atoms with Gasteiger partial charge in [-0.25, -0.2) is 4.79 Å². The van der Waals surface area contributed by atoms with E-state index in [1.54, 1.807) is 42.5 Å². The Kier molecular flexibility index (Phi) is 4.23. The van der Waals surface area contributed by atoms with Crippen LogP contribution in [-0.2, 0) is 4.74 Å². The summed E-state index contributed by atoms with van der Waals surface area (Å²) in [7, 11) is 1.30. The zero-order valence-corrected chi connectivity index (χ0v) is 11.8. The topological polar surface area (TPSA) is 81.4 Å². The molecule has 0 aliphatic carbocycles. The Morgan fingerprint density at radius 2 is 1.90 bits per heavy atom. The molecule has 5 nitrogen and oxygen atoms in total. The van der Waals surface area contributed by atoms with Gasteiger partial charge in [-0.3, -0.25) is 4.79 Å². The molecule has 0 heterocycles. The maximum atomic E-state index is 12.2. The molecule has 0 aliphatic heterocycles. The van der Waals surface area contributed by atoms with Crippen LogP contribution in [0.2, 0.25) is 0 Å². The fourth-order valence-electron chi connectivity index (χ4n) is 1.92. The Balaban J connectivity index is 2.31. The number of methoxy groups -OCH3 is 1. The lowest BCUT2D eigenvalue weighted by atomic mass is 10.1. The summed E-state index contributed by atoms with van der Waals surface area (Å²) in [4.78, 5) is 24.0. The molecular formula is C16H16N2O3. The molecule has 0 atom stereocenters. The predicted octanol–water partition coefficient (Wildman–Crippen LogP) is 2.62. The number of carbonyl (C=O) groups excluding carboxylic acids is 2. The first-order chi connectivity index (χ1) is 10.0. The van der Waals surface area contributed by atoms with Crippen LogP contribution in [0.5, 0.6) is 0 Å². The number of nitrogen functional groups attached to an aromatic ring is 1. The van der Waals surface area contributed by atoms with E-state index in [4.69, 9.17) is 10.5 Å². The summed E-state index contributed by atoms with van der Waals surface area (Å²) < 4.78 is 4.73. The number of amides is 1. The summed E-state index contributed by atoms with van der Waals surface area (Å²) in [6.07, 6.45) is 0. The van der Waals surface area contributed by atoms with Crippen LogP contribution in [0.15, 0.2) is 42.5 Å². The number of hydrogen-bond donors (Lipinski definition) is 2. The van der Waals surface area contributed by atoms with Crippen LogP contribution in [-0.4, -0.2) is 19.0 Å². The van der Waals surface area contributed by atoms with Gasteiger partial charge in [-0.15, -0.1) is 0 Å². The minimum atomic E-state index is -0.499. The third kappa shape index (κ3) is 3.39. The summed E-state index contributed by atoms with van der Waals surface area (Å²) in [5.74, 6) is -0.835. The first-order valence-corrected chi connectivity index (χ1v) is 6.37. The molecule has 2 aromatic carbocycles. The van der Waals surface area contributed by atoms with Crippen LogP contribution in [0.3, 0.4) is 0 Å². The van der Waals surface area contributed by atoms with Gasteiger partial charge >= 0.3 is 5.97 Å². The first kappa shape index (κ1) is 14.6. The highest BCUT2D eigenvalue weighted by Gasteiger charge is 2.15. The zero-order valence-electron chi connectivity index (χ0n) is 11.8. The lowest BCUT2D eigenvalue weighted by Gasteiger charge is -2.11. The summed E-state index contributed by atoms with van der Waals surface area (Å²) in [5, 5.41) is 2.70. The minimum Gasteiger partial charge on any atom is -0.465 e. The second kappa shape index (κ2) is 6.09. The summed E-state index contributed by atoms with van der Waals surface area (Å²) >= 11 is 0. The normalized spacial score (nSPS) is 10.0. The number of rotatable bonds is 3. The zero-order chi connectivity index (χ0) is 15.4. The van der Waals surface area contributed by atoms with E-state index in [0.717, 1.165) is 5.56 Å². The highest BCUT2D eigenvalue weighted by atomic mass is 16.5. The maximum Gasteiger partial charge on any atom is 0.339 e. The van der Waals surface area contributed by atoms with Crippen molar-refractivity contribution in [1.82, 2.24) is 0 Å². The third-order valence-corrected chi connectivity index (χ3v) is 2.98. The summed E-state index contributed by atoms with van der Waals surface area (Å²) in [5.41, 5.74) is 8.20. The van der Waals surface area contributed by atoms with Crippen LogP contribution in [0, 0.1) is 6.92 Å². The van der Waals surface area contributed by atoms with Crippen LogP contribution in [0.25, 0.3) is 0 Å². The summed E-state index contributed by atoms with van der Waals surface area (Å²) in [6.45, 7) is 1.86. The molecule has 0 fully saturated rings. The van der Waals surface area contributed by atoms with E-state index in [1.165, 1.54) is 7.11 Å². The van der Waals surface area contributed by atoms with E-state index in [1.807, 2.05) is 6.92 Å². The molecular weight excluding hydrogens is 268 g/mol. The third-order valence-electron chi connectivity index (χ3n) is 2.98. The number of hydrogen-bond acceptors (Lipinski definition) is 4. The quantitative estimate of drug-likeness (QED) is 0.670. The number of ether oxygens (including phenoxy) is 1. The fourth-order valence-corrected chi connectivity index (χ4v) is 1.92. The van der Waals surface area contributed by atoms with Gasteiger partial charge in [-0.05, 0) is 37.3 Å². The molecule has 5 heteroatoms. The second-order valence-electron chi connectivity index (χ2n) is 4.62. The van der Waals surface area contributed by atoms with E-state index >= 15 is 0 Å². The largest absolute Gasteiger partial charge is 0.465 e. The minimum absolute atomic E-state index is 0.315. The van der Waals surface area contributed by atoms with Gasteiger partial charge in [0.15, 0.2) is 0 Å². The number of esters is 1. The van der Waals surface area contributed by atoms with Crippen molar-refractivity contribution in [1.29, 1.82) is 0 Å². The van der Waals surface area contributed by atoms with Crippen molar-refractivity contribution < 1.29 is 14.3 Å². The Morgan fingerprint density at radius 1 is 1.14 bits per heavy atom. The molecule has 21 heavy (non-hydrogen) atoms. The molecule has 3 N–H and O–H groups in total. The van der Waals surface area contributed by atoms with E-state index in [-0.39, 0.29) is 5.91 Å². The molecule has 0 spiro atoms. The van der Waals surface area contributed by atoms with Gasteiger partial charge in [0.05, 0.1) is 18.4 Å². The molecule has 0 radical (unpaired) electrons. The van der Waals surface area contributed by atoms with E-state index in [0.29, 0.717) is 22.5 Å². The molecule has 0 saturated carbocycles. The molecule has 0 aliphatic rings. The Bertz CT molecular complexity index is 696. The monoisotopic (exact) mass is 284 g/mol. The van der Waals surface area contributed by atoms with Gasteiger partial charge in [-0.2, -0.15) is 0 Å². The van der Waals surface area contributed by atoms with Crippen LogP contribution in [0.4, 0.5) is 11.4 Å². The van der Waals surface area contributed by atoms with Gasteiger partial charge in [0.25, 0.3) is 5.91 Å². The van der Waals surface area contributed by atoms with Crippen LogP contribution >= 0.6 is 0 Å². The maximum absolute atomic E-state index is 12.2. The number of anilines is 2. The van der Waals surface area contributed by atoms with Gasteiger partial charge in [0, 0.05) is 11.3 Å². The highest BCUT2D eigenvalue weighted by molar-refractivity contribution is 6.08. The van der Waals surface area contributed by atoms with Crippen molar-refractivity contribution in [3.63, 3.8) is 0 Å². The molecule has 0 aromatic heterocycles. The predicted molar refractivity (Wildman–Crippen MR) is 81.3 cm³/mol. The summed E-state index contributed by atoms with van der Waals surface area (Å²) in [6, 6.07) is 11.8. The van der Waals surface area contributed by atoms with Crippen molar-refractivity contribution in [2.24, 2.45) is 0 Å². The lowest BCUT2D eigenvalue weighted by molar-refractivity contribution is 0.0602. The molecule has 2 rings (SSSR count). The van der Waals surface area contributed by atoms with Crippen LogP contribution in [0.1, 0.15) is 26.3 Å². The van der Waals surface area contributed by atoms with Gasteiger partial charge in [-0.1, -0.05) is 17.7 Å². The first-order valence-electron chi connectivity index (χ1n) is 6.37. The number of carbonyl (C=O) groups is 2. The number of aryl methyl sites for hydroxylation is 1. The average Bonchev–Trinajstić information content (AvgIpc) is 2.48. The van der Waals surface area contributed by atoms with E-state index < -0.39 is 5.97 Å². The number of nitrogens with one attached hydrogen (secondary N) is 1. The molecule has 1 amide bonds. The highest BCUT2D eigenvalue weighted by Crippen LogP contribution is 2.19. The Morgan fingerprint density at radius 3 is 2.57 bits per heavy atom. The average molecular weight is 284 g/mol. The van der Waals surface area contributed by atoms with Crippen molar-refractivity contribution in [2.45, 2.75) is 6.92 Å². The molecule has 0 unspecified atom stereocenters. The smallest absolute Gasteiger partial charge is 0.339 e. The molecule has 0 saturated heterocycles. The van der Waals surface area contributed by atoms with Crippen molar-refractivity contribution in [3.8, 4) is 0 Å². The standard InChI is InChI=1S/C16H16N2O3/c1-10-6-7-14(13(8-10)16(20)21-2)18-15(19)11-4-3-5-12(17)9-11/h3-9H,17H2,1-2H3,(H,18,19). The second-order valence-corrected chi connectivity index (χ2v) is 4.62. The molecule has 108 valence electrons. The number of benzene rings is 2. The van der Waals surface area contributed by atoms with E-state index in [9.17, 15) is 9.59 Å². The van der Waals surface area contributed by atoms with Gasteiger partial charge in [0.1, 0.15) is 0 Å². The van der Waals surface area contributed by atoms with Crippen molar-refractivity contribution >= 4 is 23.3 Å². The SMILES string of the molecule is COC(=O)c1cc(C)ccc1NC(=O)c1cccc(N)c1. The fraction of sp³-hybridized carbons (Fsp3) is 0.125. The van der Waals surface area contributed by atoms with Crippen molar-refractivity contribution in [3.05, 3.63) is 59.2 Å². The molecule has 2 aromatic rings. The van der Waals surface area contributed by atoms with Gasteiger partial charge < -0.3 is 15.8 Å². The Hall–Kier alpha value is -2.82. The van der Waals surface area contributed by atoms with Gasteiger partial charge in [0.2, 0.25) is 0 Å². The number of nitrogens with two attached hydrogens (primary N) is 1. The lowest BCUT2D eigenvalue weighted by Crippen LogP contribution is -2.15. The van der Waals surface area contributed by atoms with E-state index in [2.05, 4.69) is 5.32 Å². The molecule has 0 bridgehead atoms. The van der Waals surface area contributed by atoms with Crippen molar-refractivity contribution in [2.75, 3.05) is 18.2 Å². The Labute approximate surface area is 122 Å². The van der Waals surface area contributed by atoms with Crippen LogP contribution < -0.4 is 11.1 Å².